The van der Waals surface area contributed by atoms with Crippen LogP contribution in [0.4, 0.5) is 5.69 Å². The summed E-state index contributed by atoms with van der Waals surface area (Å²) >= 11 is 0. The fourth-order valence-electron chi connectivity index (χ4n) is 3.08. The number of carbonyl (C=O) groups excluding carboxylic acids is 1. The highest BCUT2D eigenvalue weighted by Gasteiger charge is 2.20. The maximum Gasteiger partial charge on any atom is 0.222 e. The number of rotatable bonds is 6. The number of nitrogens with zero attached hydrogens (tertiary/aromatic N) is 2. The van der Waals surface area contributed by atoms with Gasteiger partial charge in [-0.1, -0.05) is 37.3 Å². The van der Waals surface area contributed by atoms with Crippen LogP contribution in [0.1, 0.15) is 25.3 Å². The average molecular weight is 338 g/mol. The van der Waals surface area contributed by atoms with E-state index in [9.17, 15) is 4.79 Å². The number of piperazine rings is 1. The summed E-state index contributed by atoms with van der Waals surface area (Å²) in [5.41, 5.74) is 2.36. The van der Waals surface area contributed by atoms with Gasteiger partial charge in [-0.05, 0) is 36.2 Å². The molecule has 4 heteroatoms. The number of carbonyl (C=O) groups is 1. The lowest BCUT2D eigenvalue weighted by molar-refractivity contribution is -0.131. The summed E-state index contributed by atoms with van der Waals surface area (Å²) in [4.78, 5) is 16.3. The van der Waals surface area contributed by atoms with Crippen molar-refractivity contribution in [2.24, 2.45) is 0 Å². The summed E-state index contributed by atoms with van der Waals surface area (Å²) in [5, 5.41) is 0. The van der Waals surface area contributed by atoms with Crippen molar-refractivity contribution in [3.63, 3.8) is 0 Å². The molecule has 0 spiro atoms. The van der Waals surface area contributed by atoms with Gasteiger partial charge in [-0.3, -0.25) is 4.79 Å². The van der Waals surface area contributed by atoms with Gasteiger partial charge in [0.05, 0.1) is 0 Å². The van der Waals surface area contributed by atoms with E-state index in [1.807, 2.05) is 35.2 Å². The van der Waals surface area contributed by atoms with Crippen LogP contribution >= 0.6 is 0 Å². The predicted molar refractivity (Wildman–Crippen MR) is 101 cm³/mol. The third-order valence-electron chi connectivity index (χ3n) is 4.55. The standard InChI is InChI=1S/C21H26N2O2/c1-2-6-21(24)23-15-13-22(14-16-23)19-9-11-20(12-10-19)25-17-18-7-4-3-5-8-18/h3-5,7-12H,2,6,13-17H2,1H3. The van der Waals surface area contributed by atoms with Gasteiger partial charge in [0, 0.05) is 38.3 Å². The normalized spacial score (nSPS) is 14.4. The number of anilines is 1. The lowest BCUT2D eigenvalue weighted by Crippen LogP contribution is -2.48. The van der Waals surface area contributed by atoms with E-state index in [0.29, 0.717) is 13.0 Å². The van der Waals surface area contributed by atoms with Gasteiger partial charge < -0.3 is 14.5 Å². The molecule has 0 aromatic heterocycles. The van der Waals surface area contributed by atoms with E-state index < -0.39 is 0 Å². The number of amides is 1. The van der Waals surface area contributed by atoms with Crippen LogP contribution in [0.15, 0.2) is 54.6 Å². The first-order valence-corrected chi connectivity index (χ1v) is 9.06. The molecule has 1 aliphatic heterocycles. The molecule has 25 heavy (non-hydrogen) atoms. The average Bonchev–Trinajstić information content (AvgIpc) is 2.68. The van der Waals surface area contributed by atoms with Crippen molar-refractivity contribution in [1.82, 2.24) is 4.90 Å². The summed E-state index contributed by atoms with van der Waals surface area (Å²) < 4.78 is 5.84. The molecule has 2 aromatic rings. The second-order valence-electron chi connectivity index (χ2n) is 6.39. The second-order valence-corrected chi connectivity index (χ2v) is 6.39. The second kappa shape index (κ2) is 8.56. The molecular weight excluding hydrogens is 312 g/mol. The summed E-state index contributed by atoms with van der Waals surface area (Å²) in [7, 11) is 0. The Balaban J connectivity index is 1.50. The van der Waals surface area contributed by atoms with Crippen LogP contribution in [0.25, 0.3) is 0 Å². The summed E-state index contributed by atoms with van der Waals surface area (Å²) in [5.74, 6) is 1.16. The number of ether oxygens (including phenoxy) is 1. The Kier molecular flexibility index (Phi) is 5.94. The third kappa shape index (κ3) is 4.75. The van der Waals surface area contributed by atoms with E-state index in [-0.39, 0.29) is 5.91 Å². The Labute approximate surface area is 150 Å². The molecule has 0 atom stereocenters. The Morgan fingerprint density at radius 3 is 2.28 bits per heavy atom. The Morgan fingerprint density at radius 1 is 0.960 bits per heavy atom. The smallest absolute Gasteiger partial charge is 0.222 e. The lowest BCUT2D eigenvalue weighted by atomic mass is 10.2. The molecule has 1 amide bonds. The van der Waals surface area contributed by atoms with Crippen LogP contribution in [0, 0.1) is 0 Å². The van der Waals surface area contributed by atoms with Crippen molar-refractivity contribution < 1.29 is 9.53 Å². The molecule has 0 bridgehead atoms. The van der Waals surface area contributed by atoms with Gasteiger partial charge in [0.15, 0.2) is 0 Å². The molecular formula is C21H26N2O2. The Bertz CT molecular complexity index is 662. The van der Waals surface area contributed by atoms with Gasteiger partial charge in [0.2, 0.25) is 5.91 Å². The minimum Gasteiger partial charge on any atom is -0.489 e. The number of hydrogen-bond acceptors (Lipinski definition) is 3. The van der Waals surface area contributed by atoms with Crippen molar-refractivity contribution in [1.29, 1.82) is 0 Å². The van der Waals surface area contributed by atoms with Crippen LogP contribution in [0.5, 0.6) is 5.75 Å². The van der Waals surface area contributed by atoms with Crippen molar-refractivity contribution >= 4 is 11.6 Å². The first kappa shape index (κ1) is 17.3. The summed E-state index contributed by atoms with van der Waals surface area (Å²) in [6, 6.07) is 18.4. The van der Waals surface area contributed by atoms with Crippen molar-refractivity contribution in [3.05, 3.63) is 60.2 Å². The minimum atomic E-state index is 0.284. The molecule has 2 aromatic carbocycles. The highest BCUT2D eigenvalue weighted by Crippen LogP contribution is 2.21. The molecule has 4 nitrogen and oxygen atoms in total. The quantitative estimate of drug-likeness (QED) is 0.805. The van der Waals surface area contributed by atoms with Gasteiger partial charge >= 0.3 is 0 Å². The van der Waals surface area contributed by atoms with E-state index in [0.717, 1.165) is 38.3 Å². The highest BCUT2D eigenvalue weighted by molar-refractivity contribution is 5.76. The molecule has 1 heterocycles. The predicted octanol–water partition coefficient (Wildman–Crippen LogP) is 3.71. The van der Waals surface area contributed by atoms with E-state index in [1.54, 1.807) is 0 Å². The largest absolute Gasteiger partial charge is 0.489 e. The number of hydrogen-bond donors (Lipinski definition) is 0. The molecule has 0 aliphatic carbocycles. The van der Waals surface area contributed by atoms with Crippen molar-refractivity contribution in [3.8, 4) is 5.75 Å². The van der Waals surface area contributed by atoms with Crippen LogP contribution in [-0.2, 0) is 11.4 Å². The van der Waals surface area contributed by atoms with Crippen molar-refractivity contribution in [2.75, 3.05) is 31.1 Å². The first-order chi connectivity index (χ1) is 12.3. The van der Waals surface area contributed by atoms with E-state index in [4.69, 9.17) is 4.74 Å². The maximum atomic E-state index is 12.0. The summed E-state index contributed by atoms with van der Waals surface area (Å²) in [6.45, 7) is 6.03. The topological polar surface area (TPSA) is 32.8 Å². The SMILES string of the molecule is CCCC(=O)N1CCN(c2ccc(OCc3ccccc3)cc2)CC1. The van der Waals surface area contributed by atoms with Gasteiger partial charge in [0.25, 0.3) is 0 Å². The van der Waals surface area contributed by atoms with Crippen molar-refractivity contribution in [2.45, 2.75) is 26.4 Å². The molecule has 132 valence electrons. The van der Waals surface area contributed by atoms with Gasteiger partial charge in [-0.15, -0.1) is 0 Å². The Morgan fingerprint density at radius 2 is 1.64 bits per heavy atom. The molecule has 0 saturated carbocycles. The molecule has 1 fully saturated rings. The van der Waals surface area contributed by atoms with Crippen LogP contribution in [0.3, 0.4) is 0 Å². The van der Waals surface area contributed by atoms with E-state index in [1.165, 1.54) is 11.3 Å². The molecule has 0 radical (unpaired) electrons. The Hall–Kier alpha value is -2.49. The molecule has 3 rings (SSSR count). The van der Waals surface area contributed by atoms with Gasteiger partial charge in [-0.25, -0.2) is 0 Å². The van der Waals surface area contributed by atoms with E-state index >= 15 is 0 Å². The maximum absolute atomic E-state index is 12.0. The first-order valence-electron chi connectivity index (χ1n) is 9.06. The fraction of sp³-hybridized carbons (Fsp3) is 0.381. The number of benzene rings is 2. The van der Waals surface area contributed by atoms with Gasteiger partial charge in [0.1, 0.15) is 12.4 Å². The minimum absolute atomic E-state index is 0.284. The third-order valence-corrected chi connectivity index (χ3v) is 4.55. The van der Waals surface area contributed by atoms with E-state index in [2.05, 4.69) is 36.1 Å². The zero-order valence-electron chi connectivity index (χ0n) is 14.9. The monoisotopic (exact) mass is 338 g/mol. The molecule has 1 saturated heterocycles. The molecule has 1 aliphatic rings. The fourth-order valence-corrected chi connectivity index (χ4v) is 3.08. The zero-order valence-corrected chi connectivity index (χ0v) is 14.9. The van der Waals surface area contributed by atoms with Crippen LogP contribution in [0.2, 0.25) is 0 Å². The van der Waals surface area contributed by atoms with Crippen LogP contribution in [-0.4, -0.2) is 37.0 Å². The lowest BCUT2D eigenvalue weighted by Gasteiger charge is -2.36. The van der Waals surface area contributed by atoms with Crippen LogP contribution < -0.4 is 9.64 Å². The molecule has 0 unspecified atom stereocenters. The summed E-state index contributed by atoms with van der Waals surface area (Å²) in [6.07, 6.45) is 1.58. The zero-order chi connectivity index (χ0) is 17.5. The molecule has 0 N–H and O–H groups in total. The van der Waals surface area contributed by atoms with Gasteiger partial charge in [-0.2, -0.15) is 0 Å². The highest BCUT2D eigenvalue weighted by atomic mass is 16.5.